The van der Waals surface area contributed by atoms with E-state index >= 15 is 0 Å². The Morgan fingerprint density at radius 1 is 1.11 bits per heavy atom. The van der Waals surface area contributed by atoms with Gasteiger partial charge in [-0.05, 0) is 12.5 Å². The topological polar surface area (TPSA) is 112 Å². The van der Waals surface area contributed by atoms with E-state index in [0.29, 0.717) is 41.1 Å². The average molecular weight is 394 g/mol. The van der Waals surface area contributed by atoms with Crippen molar-refractivity contribution in [2.24, 2.45) is 0 Å². The molecule has 27 heavy (non-hydrogen) atoms. The number of rotatable bonds is 7. The Labute approximate surface area is 158 Å². The van der Waals surface area contributed by atoms with Crippen molar-refractivity contribution in [3.63, 3.8) is 0 Å². The molecule has 2 heterocycles. The molecule has 2 N–H and O–H groups in total. The average Bonchev–Trinajstić information content (AvgIpc) is 2.99. The zero-order chi connectivity index (χ0) is 19.4. The number of aromatic nitrogens is 2. The molecule has 146 valence electrons. The molecular weight excluding hydrogens is 372 g/mol. The molecule has 0 bridgehead atoms. The van der Waals surface area contributed by atoms with Crippen LogP contribution in [0.4, 0.5) is 17.5 Å². The van der Waals surface area contributed by atoms with Crippen LogP contribution in [-0.4, -0.2) is 57.3 Å². The fraction of sp³-hybridized carbons (Fsp3) is 0.412. The van der Waals surface area contributed by atoms with E-state index in [1.54, 1.807) is 45.7 Å². The first-order chi connectivity index (χ1) is 12.9. The van der Waals surface area contributed by atoms with Crippen molar-refractivity contribution in [3.05, 3.63) is 24.4 Å². The van der Waals surface area contributed by atoms with E-state index in [1.165, 1.54) is 0 Å². The van der Waals surface area contributed by atoms with Gasteiger partial charge in [0.25, 0.3) is 0 Å². The van der Waals surface area contributed by atoms with Crippen molar-refractivity contribution in [2.75, 3.05) is 43.5 Å². The molecule has 0 aliphatic carbocycles. The van der Waals surface area contributed by atoms with Gasteiger partial charge in [-0.2, -0.15) is 4.98 Å². The molecule has 1 aliphatic rings. The summed E-state index contributed by atoms with van der Waals surface area (Å²) in [5.74, 6) is 2.73. The van der Waals surface area contributed by atoms with Gasteiger partial charge >= 0.3 is 0 Å². The Morgan fingerprint density at radius 3 is 2.37 bits per heavy atom. The van der Waals surface area contributed by atoms with Crippen LogP contribution in [0.3, 0.4) is 0 Å². The molecule has 1 fully saturated rings. The van der Waals surface area contributed by atoms with E-state index in [2.05, 4.69) is 20.6 Å². The predicted octanol–water partition coefficient (Wildman–Crippen LogP) is 1.84. The number of methoxy groups -OCH3 is 3. The third kappa shape index (κ3) is 4.51. The molecule has 9 nitrogen and oxygen atoms in total. The number of hydrogen-bond donors (Lipinski definition) is 2. The van der Waals surface area contributed by atoms with Crippen LogP contribution in [0.2, 0.25) is 0 Å². The molecule has 1 atom stereocenters. The van der Waals surface area contributed by atoms with Gasteiger partial charge in [0, 0.05) is 30.1 Å². The van der Waals surface area contributed by atoms with Crippen LogP contribution in [0, 0.1) is 0 Å². The first-order valence-electron chi connectivity index (χ1n) is 8.31. The summed E-state index contributed by atoms with van der Waals surface area (Å²) in [4.78, 5) is 8.55. The second-order valence-corrected chi connectivity index (χ2v) is 8.28. The minimum Gasteiger partial charge on any atom is -0.493 e. The smallest absolute Gasteiger partial charge is 0.224 e. The van der Waals surface area contributed by atoms with Gasteiger partial charge in [-0.15, -0.1) is 0 Å². The third-order valence-corrected chi connectivity index (χ3v) is 5.93. The lowest BCUT2D eigenvalue weighted by Crippen LogP contribution is -2.22. The van der Waals surface area contributed by atoms with E-state index in [0.717, 1.165) is 0 Å². The maximum absolute atomic E-state index is 11.6. The summed E-state index contributed by atoms with van der Waals surface area (Å²) in [6, 6.07) is 5.06. The van der Waals surface area contributed by atoms with Gasteiger partial charge in [0.15, 0.2) is 21.3 Å². The molecule has 0 spiro atoms. The zero-order valence-electron chi connectivity index (χ0n) is 15.4. The van der Waals surface area contributed by atoms with Crippen molar-refractivity contribution in [3.8, 4) is 17.2 Å². The standard InChI is InChI=1S/C17H22N4O5S/c1-24-13-8-12(9-14(25-2)16(13)26-3)19-15-4-6-18-17(21-15)20-11-5-7-27(22,23)10-11/h4,6,8-9,11H,5,7,10H2,1-3H3,(H2,18,19,20,21). The molecule has 10 heteroatoms. The summed E-state index contributed by atoms with van der Waals surface area (Å²) < 4.78 is 39.2. The van der Waals surface area contributed by atoms with Crippen LogP contribution >= 0.6 is 0 Å². The number of anilines is 3. The number of benzene rings is 1. The Bertz CT molecular complexity index is 894. The molecular formula is C17H22N4O5S. The second kappa shape index (κ2) is 7.87. The Morgan fingerprint density at radius 2 is 1.81 bits per heavy atom. The maximum Gasteiger partial charge on any atom is 0.224 e. The van der Waals surface area contributed by atoms with Crippen LogP contribution in [0.5, 0.6) is 17.2 Å². The molecule has 0 radical (unpaired) electrons. The normalized spacial score (nSPS) is 18.0. The number of ether oxygens (including phenoxy) is 3. The SMILES string of the molecule is COc1cc(Nc2ccnc(NC3CCS(=O)(=O)C3)n2)cc(OC)c1OC. The van der Waals surface area contributed by atoms with Crippen LogP contribution in [-0.2, 0) is 9.84 Å². The van der Waals surface area contributed by atoms with E-state index in [1.807, 2.05) is 0 Å². The summed E-state index contributed by atoms with van der Waals surface area (Å²) in [7, 11) is 1.66. The molecule has 0 amide bonds. The van der Waals surface area contributed by atoms with Gasteiger partial charge < -0.3 is 24.8 Å². The molecule has 1 saturated heterocycles. The van der Waals surface area contributed by atoms with E-state index in [-0.39, 0.29) is 17.5 Å². The van der Waals surface area contributed by atoms with Crippen molar-refractivity contribution >= 4 is 27.3 Å². The zero-order valence-corrected chi connectivity index (χ0v) is 16.2. The maximum atomic E-state index is 11.6. The quantitative estimate of drug-likeness (QED) is 0.726. The van der Waals surface area contributed by atoms with E-state index < -0.39 is 9.84 Å². The summed E-state index contributed by atoms with van der Waals surface area (Å²) in [6.45, 7) is 0. The molecule has 1 unspecified atom stereocenters. The molecule has 2 aromatic rings. The van der Waals surface area contributed by atoms with Crippen molar-refractivity contribution in [1.29, 1.82) is 0 Å². The minimum atomic E-state index is -2.97. The molecule has 1 aromatic heterocycles. The molecule has 3 rings (SSSR count). The number of nitrogens with one attached hydrogen (secondary N) is 2. The highest BCUT2D eigenvalue weighted by Crippen LogP contribution is 2.40. The lowest BCUT2D eigenvalue weighted by atomic mass is 10.2. The van der Waals surface area contributed by atoms with Crippen LogP contribution in [0.15, 0.2) is 24.4 Å². The van der Waals surface area contributed by atoms with Crippen molar-refractivity contribution in [2.45, 2.75) is 12.5 Å². The van der Waals surface area contributed by atoms with Gasteiger partial charge in [0.05, 0.1) is 32.8 Å². The largest absolute Gasteiger partial charge is 0.493 e. The van der Waals surface area contributed by atoms with E-state index in [4.69, 9.17) is 14.2 Å². The highest BCUT2D eigenvalue weighted by molar-refractivity contribution is 7.91. The molecule has 1 aliphatic heterocycles. The number of hydrogen-bond acceptors (Lipinski definition) is 9. The van der Waals surface area contributed by atoms with Gasteiger partial charge in [-0.25, -0.2) is 13.4 Å². The van der Waals surface area contributed by atoms with Crippen LogP contribution in [0.25, 0.3) is 0 Å². The van der Waals surface area contributed by atoms with Crippen molar-refractivity contribution in [1.82, 2.24) is 9.97 Å². The molecule has 0 saturated carbocycles. The summed E-state index contributed by atoms with van der Waals surface area (Å²) in [5, 5.41) is 6.24. The van der Waals surface area contributed by atoms with Gasteiger partial charge in [0.1, 0.15) is 5.82 Å². The first-order valence-corrected chi connectivity index (χ1v) is 10.1. The lowest BCUT2D eigenvalue weighted by molar-refractivity contribution is 0.324. The number of nitrogens with zero attached hydrogens (tertiary/aromatic N) is 2. The Balaban J connectivity index is 1.78. The number of sulfone groups is 1. The summed E-state index contributed by atoms with van der Waals surface area (Å²) in [5.41, 5.74) is 0.692. The van der Waals surface area contributed by atoms with E-state index in [9.17, 15) is 8.42 Å². The van der Waals surface area contributed by atoms with Gasteiger partial charge in [-0.3, -0.25) is 0 Å². The highest BCUT2D eigenvalue weighted by atomic mass is 32.2. The fourth-order valence-corrected chi connectivity index (χ4v) is 4.56. The molecule has 1 aromatic carbocycles. The fourth-order valence-electron chi connectivity index (χ4n) is 2.89. The summed E-state index contributed by atoms with van der Waals surface area (Å²) in [6.07, 6.45) is 2.15. The Kier molecular flexibility index (Phi) is 5.54. The monoisotopic (exact) mass is 394 g/mol. The van der Waals surface area contributed by atoms with Crippen molar-refractivity contribution < 1.29 is 22.6 Å². The van der Waals surface area contributed by atoms with Crippen LogP contribution in [0.1, 0.15) is 6.42 Å². The second-order valence-electron chi connectivity index (χ2n) is 6.05. The van der Waals surface area contributed by atoms with Gasteiger partial charge in [-0.1, -0.05) is 0 Å². The highest BCUT2D eigenvalue weighted by Gasteiger charge is 2.28. The summed E-state index contributed by atoms with van der Waals surface area (Å²) >= 11 is 0. The lowest BCUT2D eigenvalue weighted by Gasteiger charge is -2.15. The predicted molar refractivity (Wildman–Crippen MR) is 102 cm³/mol. The Hall–Kier alpha value is -2.75. The van der Waals surface area contributed by atoms with Gasteiger partial charge in [0.2, 0.25) is 11.7 Å². The van der Waals surface area contributed by atoms with Crippen LogP contribution < -0.4 is 24.8 Å². The third-order valence-electron chi connectivity index (χ3n) is 4.16. The first kappa shape index (κ1) is 19.0. The minimum absolute atomic E-state index is 0.0981.